The van der Waals surface area contributed by atoms with E-state index >= 15 is 0 Å². The number of aliphatic hydroxyl groups is 1. The van der Waals surface area contributed by atoms with Gasteiger partial charge in [-0.2, -0.15) is 0 Å². The van der Waals surface area contributed by atoms with Crippen LogP contribution in [-0.4, -0.2) is 19.8 Å². The van der Waals surface area contributed by atoms with Gasteiger partial charge in [-0.25, -0.2) is 0 Å². The average molecular weight is 182 g/mol. The van der Waals surface area contributed by atoms with Crippen LogP contribution in [0, 0.1) is 16.9 Å². The number of hydrogen-bond acceptors (Lipinski definition) is 1. The van der Waals surface area contributed by atoms with E-state index in [1.165, 1.54) is 0 Å². The summed E-state index contributed by atoms with van der Waals surface area (Å²) in [5.74, 6) is 3.08. The highest BCUT2D eigenvalue weighted by Crippen LogP contribution is 2.15. The maximum Gasteiger partial charge on any atom is 0.129 e. The summed E-state index contributed by atoms with van der Waals surface area (Å²) in [6.45, 7) is 12.1. The monoisotopic (exact) mass is 182 g/mol. The quantitative estimate of drug-likeness (QED) is 0.394. The molecule has 1 unspecified atom stereocenters. The number of hydrogen-bond donors (Lipinski definition) is 1. The molecule has 0 radical (unpaired) electrons. The fraction of sp³-hybridized carbons (Fsp3) is 0.600. The van der Waals surface area contributed by atoms with Crippen molar-refractivity contribution < 1.29 is 5.11 Å². The summed E-state index contributed by atoms with van der Waals surface area (Å²) in [7, 11) is -1.32. The summed E-state index contributed by atoms with van der Waals surface area (Å²) < 4.78 is 0. The van der Waals surface area contributed by atoms with Gasteiger partial charge in [-0.15, -0.1) is 12.1 Å². The van der Waals surface area contributed by atoms with Gasteiger partial charge in [-0.05, 0) is 6.92 Å². The summed E-state index contributed by atoms with van der Waals surface area (Å²) in [6.07, 6.45) is 1.71. The second-order valence-corrected chi connectivity index (χ2v) is 9.03. The Morgan fingerprint density at radius 3 is 2.25 bits per heavy atom. The van der Waals surface area contributed by atoms with Crippen molar-refractivity contribution in [2.24, 2.45) is 5.41 Å². The van der Waals surface area contributed by atoms with Crippen LogP contribution >= 0.6 is 0 Å². The summed E-state index contributed by atoms with van der Waals surface area (Å²) >= 11 is 0. The predicted molar refractivity (Wildman–Crippen MR) is 56.5 cm³/mol. The third-order valence-corrected chi connectivity index (χ3v) is 2.38. The van der Waals surface area contributed by atoms with Crippen LogP contribution in [0.4, 0.5) is 0 Å². The minimum Gasteiger partial charge on any atom is -0.394 e. The van der Waals surface area contributed by atoms with E-state index in [0.29, 0.717) is 0 Å². The largest absolute Gasteiger partial charge is 0.394 e. The van der Waals surface area contributed by atoms with Gasteiger partial charge in [0.05, 0.1) is 12.0 Å². The fourth-order valence-corrected chi connectivity index (χ4v) is 1.15. The molecular formula is C10H18OSi. The molecule has 0 aliphatic heterocycles. The molecule has 0 amide bonds. The Hall–Kier alpha value is -0.523. The highest BCUT2D eigenvalue weighted by molar-refractivity contribution is 6.83. The van der Waals surface area contributed by atoms with Gasteiger partial charge < -0.3 is 5.11 Å². The molecule has 68 valence electrons. The molecule has 1 atom stereocenters. The maximum absolute atomic E-state index is 9.02. The van der Waals surface area contributed by atoms with Crippen molar-refractivity contribution in [1.82, 2.24) is 0 Å². The summed E-state index contributed by atoms with van der Waals surface area (Å²) in [5, 5.41) is 9.02. The van der Waals surface area contributed by atoms with Crippen molar-refractivity contribution in [2.45, 2.75) is 26.6 Å². The second-order valence-electron chi connectivity index (χ2n) is 4.28. The number of rotatable bonds is 2. The zero-order chi connectivity index (χ0) is 9.83. The van der Waals surface area contributed by atoms with Gasteiger partial charge in [0.1, 0.15) is 8.07 Å². The van der Waals surface area contributed by atoms with Gasteiger partial charge in [0.2, 0.25) is 0 Å². The molecule has 1 N–H and O–H groups in total. The molecule has 0 aromatic carbocycles. The van der Waals surface area contributed by atoms with Crippen LogP contribution in [0.3, 0.4) is 0 Å². The Labute approximate surface area is 76.5 Å². The standard InChI is InChI=1S/C10H18OSi/c1-6-10(2,9-11)7-8-12(3,4)5/h6,11H,1,9H2,2-5H3. The topological polar surface area (TPSA) is 20.2 Å². The Morgan fingerprint density at radius 1 is 1.50 bits per heavy atom. The van der Waals surface area contributed by atoms with Crippen molar-refractivity contribution >= 4 is 8.07 Å². The van der Waals surface area contributed by atoms with Crippen LogP contribution in [0.15, 0.2) is 12.7 Å². The molecule has 0 aromatic rings. The molecule has 0 heterocycles. The molecule has 0 fully saturated rings. The SMILES string of the molecule is C=CC(C)(C#C[Si](C)(C)C)CO. The van der Waals surface area contributed by atoms with E-state index in [1.807, 2.05) is 6.92 Å². The first-order valence-corrected chi connectivity index (χ1v) is 7.62. The van der Waals surface area contributed by atoms with Gasteiger partial charge >= 0.3 is 0 Å². The Morgan fingerprint density at radius 2 is 2.00 bits per heavy atom. The van der Waals surface area contributed by atoms with E-state index in [1.54, 1.807) is 6.08 Å². The lowest BCUT2D eigenvalue weighted by atomic mass is 9.94. The first-order chi connectivity index (χ1) is 5.33. The second kappa shape index (κ2) is 3.93. The van der Waals surface area contributed by atoms with Crippen molar-refractivity contribution in [3.63, 3.8) is 0 Å². The normalized spacial score (nSPS) is 15.8. The molecule has 0 rings (SSSR count). The van der Waals surface area contributed by atoms with Crippen molar-refractivity contribution in [3.8, 4) is 11.5 Å². The van der Waals surface area contributed by atoms with Crippen LogP contribution in [-0.2, 0) is 0 Å². The lowest BCUT2D eigenvalue weighted by molar-refractivity contribution is 0.226. The van der Waals surface area contributed by atoms with Crippen molar-refractivity contribution in [1.29, 1.82) is 0 Å². The van der Waals surface area contributed by atoms with Gasteiger partial charge in [0.25, 0.3) is 0 Å². The average Bonchev–Trinajstić information content (AvgIpc) is 1.99. The smallest absolute Gasteiger partial charge is 0.129 e. The van der Waals surface area contributed by atoms with Crippen molar-refractivity contribution in [2.75, 3.05) is 6.61 Å². The molecule has 12 heavy (non-hydrogen) atoms. The first kappa shape index (κ1) is 11.5. The molecule has 2 heteroatoms. The van der Waals surface area contributed by atoms with Crippen LogP contribution in [0.2, 0.25) is 19.6 Å². The fourth-order valence-electron chi connectivity index (χ4n) is 0.485. The predicted octanol–water partition coefficient (Wildman–Crippen LogP) is 2.05. The third kappa shape index (κ3) is 4.37. The molecule has 0 bridgehead atoms. The molecular weight excluding hydrogens is 164 g/mol. The van der Waals surface area contributed by atoms with Crippen molar-refractivity contribution in [3.05, 3.63) is 12.7 Å². The van der Waals surface area contributed by atoms with E-state index in [4.69, 9.17) is 5.11 Å². The van der Waals surface area contributed by atoms with Gasteiger partial charge in [-0.1, -0.05) is 31.6 Å². The van der Waals surface area contributed by atoms with E-state index in [2.05, 4.69) is 37.7 Å². The molecule has 0 saturated carbocycles. The Balaban J connectivity index is 4.57. The minimum absolute atomic E-state index is 0.0496. The summed E-state index contributed by atoms with van der Waals surface area (Å²) in [5.41, 5.74) is 2.81. The Bertz CT molecular complexity index is 216. The van der Waals surface area contributed by atoms with E-state index in [-0.39, 0.29) is 6.61 Å². The highest BCUT2D eigenvalue weighted by Gasteiger charge is 2.16. The van der Waals surface area contributed by atoms with Crippen LogP contribution in [0.25, 0.3) is 0 Å². The molecule has 0 saturated heterocycles. The van der Waals surface area contributed by atoms with Gasteiger partial charge in [-0.3, -0.25) is 0 Å². The lowest BCUT2D eigenvalue weighted by Crippen LogP contribution is -2.21. The zero-order valence-electron chi connectivity index (χ0n) is 8.44. The third-order valence-electron chi connectivity index (χ3n) is 1.50. The summed E-state index contributed by atoms with van der Waals surface area (Å²) in [4.78, 5) is 0. The molecule has 0 spiro atoms. The first-order valence-electron chi connectivity index (χ1n) is 4.12. The molecule has 0 aliphatic carbocycles. The Kier molecular flexibility index (Phi) is 3.76. The molecule has 1 nitrogen and oxygen atoms in total. The maximum atomic E-state index is 9.02. The van der Waals surface area contributed by atoms with Gasteiger partial charge in [0, 0.05) is 0 Å². The van der Waals surface area contributed by atoms with Crippen LogP contribution in [0.1, 0.15) is 6.92 Å². The van der Waals surface area contributed by atoms with Crippen LogP contribution < -0.4 is 0 Å². The van der Waals surface area contributed by atoms with E-state index in [9.17, 15) is 0 Å². The lowest BCUT2D eigenvalue weighted by Gasteiger charge is -2.15. The minimum atomic E-state index is -1.32. The summed E-state index contributed by atoms with van der Waals surface area (Å²) in [6, 6.07) is 0. The highest BCUT2D eigenvalue weighted by atomic mass is 28.3. The van der Waals surface area contributed by atoms with Crippen LogP contribution in [0.5, 0.6) is 0 Å². The molecule has 0 aliphatic rings. The number of aliphatic hydroxyl groups excluding tert-OH is 1. The van der Waals surface area contributed by atoms with E-state index < -0.39 is 13.5 Å². The molecule has 0 aromatic heterocycles. The zero-order valence-corrected chi connectivity index (χ0v) is 9.44. The van der Waals surface area contributed by atoms with Gasteiger partial charge in [0.15, 0.2) is 0 Å². The van der Waals surface area contributed by atoms with E-state index in [0.717, 1.165) is 0 Å².